The summed E-state index contributed by atoms with van der Waals surface area (Å²) in [7, 11) is -2.07. The molecule has 0 fully saturated rings. The van der Waals surface area contributed by atoms with Gasteiger partial charge in [0.15, 0.2) is 0 Å². The van der Waals surface area contributed by atoms with Gasteiger partial charge < -0.3 is 4.74 Å². The van der Waals surface area contributed by atoms with Gasteiger partial charge in [-0.2, -0.15) is 13.7 Å². The third-order valence-corrected chi connectivity index (χ3v) is 4.79. The summed E-state index contributed by atoms with van der Waals surface area (Å²) in [6, 6.07) is 14.0. The lowest BCUT2D eigenvalue weighted by Gasteiger charge is -2.17. The summed E-state index contributed by atoms with van der Waals surface area (Å²) in [6.45, 7) is 0.207. The van der Waals surface area contributed by atoms with Gasteiger partial charge in [0.1, 0.15) is 5.75 Å². The standard InChI is InChI=1S/C15H13N3O3S/c1-21-13-5-2-11(3-6-13)10-18-15-7-4-12(9-16)8-14(15)17-22(18,19)20/h2-8,17H,10H2,1H3. The van der Waals surface area contributed by atoms with Gasteiger partial charge in [0.2, 0.25) is 0 Å². The number of fused-ring (bicyclic) bond motifs is 1. The lowest BCUT2D eigenvalue weighted by Crippen LogP contribution is -2.29. The maximum Gasteiger partial charge on any atom is 0.324 e. The van der Waals surface area contributed by atoms with Crippen LogP contribution >= 0.6 is 0 Å². The Bertz CT molecular complexity index is 855. The zero-order chi connectivity index (χ0) is 15.7. The fourth-order valence-corrected chi connectivity index (χ4v) is 3.58. The van der Waals surface area contributed by atoms with Crippen LogP contribution < -0.4 is 13.8 Å². The third-order valence-electron chi connectivity index (χ3n) is 3.41. The molecule has 3 rings (SSSR count). The van der Waals surface area contributed by atoms with E-state index in [1.807, 2.05) is 18.2 Å². The summed E-state index contributed by atoms with van der Waals surface area (Å²) >= 11 is 0. The van der Waals surface area contributed by atoms with E-state index < -0.39 is 10.2 Å². The second-order valence-electron chi connectivity index (χ2n) is 4.81. The number of hydrogen-bond donors (Lipinski definition) is 1. The zero-order valence-corrected chi connectivity index (χ0v) is 12.6. The molecule has 112 valence electrons. The molecule has 0 aliphatic carbocycles. The average molecular weight is 315 g/mol. The van der Waals surface area contributed by atoms with Crippen molar-refractivity contribution in [2.45, 2.75) is 6.54 Å². The summed E-state index contributed by atoms with van der Waals surface area (Å²) in [5.41, 5.74) is 2.21. The van der Waals surface area contributed by atoms with Crippen LogP contribution in [0.4, 0.5) is 11.4 Å². The van der Waals surface area contributed by atoms with Crippen molar-refractivity contribution in [3.63, 3.8) is 0 Å². The highest BCUT2D eigenvalue weighted by molar-refractivity contribution is 7.94. The Labute approximate surface area is 128 Å². The number of anilines is 2. The van der Waals surface area contributed by atoms with E-state index in [9.17, 15) is 8.42 Å². The molecular weight excluding hydrogens is 302 g/mol. The summed E-state index contributed by atoms with van der Waals surface area (Å²) in [4.78, 5) is 0. The summed E-state index contributed by atoms with van der Waals surface area (Å²) in [5, 5.41) is 8.90. The molecule has 0 spiro atoms. The van der Waals surface area contributed by atoms with Crippen molar-refractivity contribution >= 4 is 21.6 Å². The van der Waals surface area contributed by atoms with Gasteiger partial charge in [0, 0.05) is 0 Å². The van der Waals surface area contributed by atoms with E-state index in [0.717, 1.165) is 5.56 Å². The molecule has 1 aliphatic rings. The van der Waals surface area contributed by atoms with E-state index in [-0.39, 0.29) is 6.54 Å². The average Bonchev–Trinajstić information content (AvgIpc) is 2.77. The van der Waals surface area contributed by atoms with Gasteiger partial charge in [0.05, 0.1) is 36.7 Å². The molecule has 1 aliphatic heterocycles. The maximum absolute atomic E-state index is 12.3. The quantitative estimate of drug-likeness (QED) is 0.941. The SMILES string of the molecule is COc1ccc(CN2c3ccc(C#N)cc3NS2(=O)=O)cc1. The van der Waals surface area contributed by atoms with E-state index >= 15 is 0 Å². The van der Waals surface area contributed by atoms with Crippen molar-refractivity contribution in [2.75, 3.05) is 16.1 Å². The van der Waals surface area contributed by atoms with Crippen LogP contribution in [-0.2, 0) is 16.8 Å². The molecule has 0 unspecified atom stereocenters. The van der Waals surface area contributed by atoms with Crippen LogP contribution in [0.5, 0.6) is 5.75 Å². The van der Waals surface area contributed by atoms with Gasteiger partial charge in [0.25, 0.3) is 0 Å². The first-order valence-electron chi connectivity index (χ1n) is 6.51. The normalized spacial score (nSPS) is 14.8. The molecule has 0 bridgehead atoms. The van der Waals surface area contributed by atoms with Crippen LogP contribution in [0.2, 0.25) is 0 Å². The number of ether oxygens (including phenoxy) is 1. The Kier molecular flexibility index (Phi) is 3.39. The highest BCUT2D eigenvalue weighted by Gasteiger charge is 2.32. The van der Waals surface area contributed by atoms with Crippen LogP contribution in [-0.4, -0.2) is 15.5 Å². The van der Waals surface area contributed by atoms with Crippen LogP contribution in [0.15, 0.2) is 42.5 Å². The molecule has 7 heteroatoms. The number of benzene rings is 2. The highest BCUT2D eigenvalue weighted by Crippen LogP contribution is 2.37. The summed E-state index contributed by atoms with van der Waals surface area (Å²) < 4.78 is 33.3. The Morgan fingerprint density at radius 1 is 1.23 bits per heavy atom. The van der Waals surface area contributed by atoms with E-state index in [1.165, 1.54) is 10.4 Å². The molecule has 0 saturated heterocycles. The van der Waals surface area contributed by atoms with E-state index in [0.29, 0.717) is 22.7 Å². The van der Waals surface area contributed by atoms with Crippen molar-refractivity contribution in [1.29, 1.82) is 5.26 Å². The van der Waals surface area contributed by atoms with Crippen molar-refractivity contribution in [2.24, 2.45) is 0 Å². The minimum atomic E-state index is -3.64. The molecular formula is C15H13N3O3S. The topological polar surface area (TPSA) is 82.4 Å². The fourth-order valence-electron chi connectivity index (χ4n) is 2.30. The van der Waals surface area contributed by atoms with E-state index in [1.54, 1.807) is 31.4 Å². The molecule has 2 aromatic rings. The number of rotatable bonds is 3. The Morgan fingerprint density at radius 2 is 1.95 bits per heavy atom. The molecule has 0 saturated carbocycles. The largest absolute Gasteiger partial charge is 0.497 e. The van der Waals surface area contributed by atoms with Crippen molar-refractivity contribution in [1.82, 2.24) is 0 Å². The number of hydrogen-bond acceptors (Lipinski definition) is 4. The molecule has 0 aromatic heterocycles. The Morgan fingerprint density at radius 3 is 2.59 bits per heavy atom. The molecule has 0 atom stereocenters. The lowest BCUT2D eigenvalue weighted by atomic mass is 10.1. The minimum Gasteiger partial charge on any atom is -0.497 e. The Balaban J connectivity index is 1.95. The second kappa shape index (κ2) is 5.24. The number of nitrogens with zero attached hydrogens (tertiary/aromatic N) is 2. The van der Waals surface area contributed by atoms with Crippen molar-refractivity contribution in [3.8, 4) is 11.8 Å². The van der Waals surface area contributed by atoms with Crippen molar-refractivity contribution < 1.29 is 13.2 Å². The van der Waals surface area contributed by atoms with Crippen LogP contribution in [0.3, 0.4) is 0 Å². The van der Waals surface area contributed by atoms with Gasteiger partial charge in [-0.05, 0) is 35.9 Å². The minimum absolute atomic E-state index is 0.207. The first kappa shape index (κ1) is 14.2. The molecule has 1 heterocycles. The highest BCUT2D eigenvalue weighted by atomic mass is 32.2. The molecule has 2 aromatic carbocycles. The monoisotopic (exact) mass is 315 g/mol. The smallest absolute Gasteiger partial charge is 0.324 e. The molecule has 22 heavy (non-hydrogen) atoms. The number of nitriles is 1. The molecule has 0 radical (unpaired) electrons. The predicted molar refractivity (Wildman–Crippen MR) is 82.9 cm³/mol. The van der Waals surface area contributed by atoms with Crippen LogP contribution in [0, 0.1) is 11.3 Å². The van der Waals surface area contributed by atoms with Gasteiger partial charge >= 0.3 is 10.2 Å². The van der Waals surface area contributed by atoms with Gasteiger partial charge in [-0.3, -0.25) is 4.72 Å². The third kappa shape index (κ3) is 2.44. The van der Waals surface area contributed by atoms with Crippen LogP contribution in [0.1, 0.15) is 11.1 Å². The summed E-state index contributed by atoms with van der Waals surface area (Å²) in [6.07, 6.45) is 0. The maximum atomic E-state index is 12.3. The van der Waals surface area contributed by atoms with E-state index in [4.69, 9.17) is 10.00 Å². The first-order chi connectivity index (χ1) is 10.5. The van der Waals surface area contributed by atoms with Gasteiger partial charge in [-0.1, -0.05) is 12.1 Å². The molecule has 0 amide bonds. The molecule has 1 N–H and O–H groups in total. The fraction of sp³-hybridized carbons (Fsp3) is 0.133. The molecule has 6 nitrogen and oxygen atoms in total. The van der Waals surface area contributed by atoms with E-state index in [2.05, 4.69) is 4.72 Å². The number of methoxy groups -OCH3 is 1. The zero-order valence-electron chi connectivity index (χ0n) is 11.8. The predicted octanol–water partition coefficient (Wildman–Crippen LogP) is 2.24. The van der Waals surface area contributed by atoms with Gasteiger partial charge in [-0.25, -0.2) is 4.31 Å². The first-order valence-corrected chi connectivity index (χ1v) is 7.95. The van der Waals surface area contributed by atoms with Crippen LogP contribution in [0.25, 0.3) is 0 Å². The lowest BCUT2D eigenvalue weighted by molar-refractivity contribution is 0.414. The second-order valence-corrected chi connectivity index (χ2v) is 6.40. The van der Waals surface area contributed by atoms with Crippen molar-refractivity contribution in [3.05, 3.63) is 53.6 Å². The summed E-state index contributed by atoms with van der Waals surface area (Å²) in [5.74, 6) is 0.713. The number of nitrogens with one attached hydrogen (secondary N) is 1. The Hall–Kier alpha value is -2.72. The van der Waals surface area contributed by atoms with Gasteiger partial charge in [-0.15, -0.1) is 0 Å².